The van der Waals surface area contributed by atoms with Gasteiger partial charge in [0.05, 0.1) is 6.61 Å². The Balaban J connectivity index is 2.16. The smallest absolute Gasteiger partial charge is 0.374 e. The molecule has 0 aromatic heterocycles. The summed E-state index contributed by atoms with van der Waals surface area (Å²) < 4.78 is 15.4. The summed E-state index contributed by atoms with van der Waals surface area (Å²) in [6.45, 7) is 3.74. The number of esters is 2. The largest absolute Gasteiger partial charge is 0.481 e. The number of ether oxygens (including phenoxy) is 3. The molecule has 0 radical (unpaired) electrons. The van der Waals surface area contributed by atoms with Gasteiger partial charge in [0.2, 0.25) is 5.76 Å². The fourth-order valence-corrected chi connectivity index (χ4v) is 1.90. The quantitative estimate of drug-likeness (QED) is 0.769. The summed E-state index contributed by atoms with van der Waals surface area (Å²) in [4.78, 5) is 23.5. The van der Waals surface area contributed by atoms with Crippen LogP contribution in [-0.4, -0.2) is 24.6 Å². The lowest BCUT2D eigenvalue weighted by Gasteiger charge is -2.08. The minimum atomic E-state index is -0.646. The van der Waals surface area contributed by atoms with Gasteiger partial charge in [-0.25, -0.2) is 9.59 Å². The van der Waals surface area contributed by atoms with Crippen LogP contribution in [0.3, 0.4) is 0 Å². The van der Waals surface area contributed by atoms with E-state index < -0.39 is 18.0 Å². The highest BCUT2D eigenvalue weighted by molar-refractivity contribution is 6.02. The molecule has 0 aliphatic carbocycles. The van der Waals surface area contributed by atoms with Crippen molar-refractivity contribution in [3.8, 4) is 0 Å². The highest BCUT2D eigenvalue weighted by Crippen LogP contribution is 2.25. The van der Waals surface area contributed by atoms with E-state index in [1.54, 1.807) is 13.8 Å². The highest BCUT2D eigenvalue weighted by Gasteiger charge is 2.38. The molecule has 5 heteroatoms. The van der Waals surface area contributed by atoms with E-state index in [1.165, 1.54) is 0 Å². The average molecular weight is 276 g/mol. The minimum absolute atomic E-state index is 0.0557. The Morgan fingerprint density at radius 2 is 2.00 bits per heavy atom. The van der Waals surface area contributed by atoms with Crippen LogP contribution in [-0.2, 0) is 30.4 Å². The monoisotopic (exact) mass is 276 g/mol. The van der Waals surface area contributed by atoms with E-state index in [-0.39, 0.29) is 24.5 Å². The molecule has 106 valence electrons. The Kier molecular flexibility index (Phi) is 4.40. The van der Waals surface area contributed by atoms with E-state index in [4.69, 9.17) is 14.2 Å². The number of hydrogen-bond acceptors (Lipinski definition) is 5. The van der Waals surface area contributed by atoms with Gasteiger partial charge >= 0.3 is 11.9 Å². The molecule has 0 spiro atoms. The van der Waals surface area contributed by atoms with Gasteiger partial charge in [0.1, 0.15) is 18.3 Å². The normalized spacial score (nSPS) is 17.9. The topological polar surface area (TPSA) is 61.8 Å². The molecule has 1 atom stereocenters. The van der Waals surface area contributed by atoms with Crippen molar-refractivity contribution in [1.29, 1.82) is 0 Å². The third-order valence-electron chi connectivity index (χ3n) is 2.84. The first-order valence-corrected chi connectivity index (χ1v) is 6.42. The molecule has 2 rings (SSSR count). The zero-order valence-corrected chi connectivity index (χ0v) is 11.4. The average Bonchev–Trinajstić information content (AvgIpc) is 2.72. The zero-order chi connectivity index (χ0) is 14.5. The molecule has 1 aliphatic rings. The van der Waals surface area contributed by atoms with Crippen molar-refractivity contribution in [1.82, 2.24) is 0 Å². The number of hydrogen-bond donors (Lipinski definition) is 0. The molecule has 1 heterocycles. The number of cyclic esters (lactones) is 1. The molecule has 1 unspecified atom stereocenters. The summed E-state index contributed by atoms with van der Waals surface area (Å²) in [5.41, 5.74) is 1.04. The van der Waals surface area contributed by atoms with Crippen molar-refractivity contribution >= 4 is 11.9 Å². The maximum Gasteiger partial charge on any atom is 0.374 e. The second-order valence-corrected chi connectivity index (χ2v) is 4.29. The Bertz CT molecular complexity index is 532. The van der Waals surface area contributed by atoms with Crippen LogP contribution in [0, 0.1) is 0 Å². The Morgan fingerprint density at radius 3 is 2.65 bits per heavy atom. The third kappa shape index (κ3) is 2.99. The zero-order valence-electron chi connectivity index (χ0n) is 11.4. The first-order chi connectivity index (χ1) is 9.63. The second-order valence-electron chi connectivity index (χ2n) is 4.29. The van der Waals surface area contributed by atoms with Crippen molar-refractivity contribution in [3.05, 3.63) is 47.2 Å². The second kappa shape index (κ2) is 6.23. The lowest BCUT2D eigenvalue weighted by Crippen LogP contribution is -2.16. The molecule has 0 saturated carbocycles. The Labute approximate surface area is 117 Å². The molecule has 20 heavy (non-hydrogen) atoms. The highest BCUT2D eigenvalue weighted by atomic mass is 16.6. The third-order valence-corrected chi connectivity index (χ3v) is 2.84. The van der Waals surface area contributed by atoms with E-state index in [9.17, 15) is 9.59 Å². The number of carbonyl (C=O) groups excluding carboxylic acids is 2. The van der Waals surface area contributed by atoms with Crippen molar-refractivity contribution in [2.24, 2.45) is 0 Å². The van der Waals surface area contributed by atoms with Crippen LogP contribution in [0.2, 0.25) is 0 Å². The predicted molar refractivity (Wildman–Crippen MR) is 70.4 cm³/mol. The lowest BCUT2D eigenvalue weighted by molar-refractivity contribution is -0.143. The number of carbonyl (C=O) groups is 2. The molecule has 0 fully saturated rings. The molecular weight excluding hydrogens is 260 g/mol. The molecule has 0 bridgehead atoms. The summed E-state index contributed by atoms with van der Waals surface area (Å²) in [6, 6.07) is 9.37. The molecule has 5 nitrogen and oxygen atoms in total. The van der Waals surface area contributed by atoms with E-state index in [2.05, 4.69) is 0 Å². The van der Waals surface area contributed by atoms with Crippen LogP contribution in [0.4, 0.5) is 0 Å². The van der Waals surface area contributed by atoms with Crippen LogP contribution in [0.5, 0.6) is 0 Å². The summed E-state index contributed by atoms with van der Waals surface area (Å²) in [6.07, 6.45) is -0.646. The fraction of sp³-hybridized carbons (Fsp3) is 0.333. The van der Waals surface area contributed by atoms with E-state index in [0.717, 1.165) is 5.56 Å². The maximum atomic E-state index is 11.8. The molecular formula is C15H16O5. The van der Waals surface area contributed by atoms with Gasteiger partial charge in [-0.15, -0.1) is 0 Å². The molecule has 0 amide bonds. The van der Waals surface area contributed by atoms with Gasteiger partial charge in [-0.05, 0) is 19.4 Å². The van der Waals surface area contributed by atoms with Crippen LogP contribution in [0.1, 0.15) is 19.4 Å². The van der Waals surface area contributed by atoms with E-state index >= 15 is 0 Å². The standard InChI is InChI=1S/C15H16O5/c1-3-18-14(16)12-10(2)20-15(17)13(12)19-9-11-7-5-4-6-8-11/h4-8,10H,3,9H2,1-2H3. The van der Waals surface area contributed by atoms with Crippen molar-refractivity contribution in [2.45, 2.75) is 26.6 Å². The fourth-order valence-electron chi connectivity index (χ4n) is 1.90. The summed E-state index contributed by atoms with van der Waals surface area (Å²) in [5.74, 6) is -1.26. The molecule has 0 saturated heterocycles. The van der Waals surface area contributed by atoms with Crippen LogP contribution in [0.25, 0.3) is 0 Å². The SMILES string of the molecule is CCOC(=O)C1=C(OCc2ccccc2)C(=O)OC1C. The van der Waals surface area contributed by atoms with Gasteiger partial charge in [-0.3, -0.25) is 0 Å². The van der Waals surface area contributed by atoms with Gasteiger partial charge in [0.25, 0.3) is 0 Å². The number of rotatable bonds is 5. The first kappa shape index (κ1) is 14.1. The summed E-state index contributed by atoms with van der Waals surface area (Å²) >= 11 is 0. The number of benzene rings is 1. The predicted octanol–water partition coefficient (Wildman–Crippen LogP) is 1.97. The summed E-state index contributed by atoms with van der Waals surface area (Å²) in [7, 11) is 0. The van der Waals surface area contributed by atoms with Crippen LogP contribution < -0.4 is 0 Å². The Morgan fingerprint density at radius 1 is 1.30 bits per heavy atom. The van der Waals surface area contributed by atoms with Crippen molar-refractivity contribution in [2.75, 3.05) is 6.61 Å². The van der Waals surface area contributed by atoms with E-state index in [0.29, 0.717) is 0 Å². The van der Waals surface area contributed by atoms with Gasteiger partial charge in [0.15, 0.2) is 0 Å². The Hall–Kier alpha value is -2.30. The molecule has 1 aromatic rings. The molecule has 1 aliphatic heterocycles. The first-order valence-electron chi connectivity index (χ1n) is 6.42. The molecule has 1 aromatic carbocycles. The maximum absolute atomic E-state index is 11.8. The van der Waals surface area contributed by atoms with Gasteiger partial charge < -0.3 is 14.2 Å². The van der Waals surface area contributed by atoms with Crippen LogP contribution in [0.15, 0.2) is 41.7 Å². The summed E-state index contributed by atoms with van der Waals surface area (Å²) in [5, 5.41) is 0. The van der Waals surface area contributed by atoms with Crippen molar-refractivity contribution in [3.63, 3.8) is 0 Å². The molecule has 0 N–H and O–H groups in total. The van der Waals surface area contributed by atoms with Crippen LogP contribution >= 0.6 is 0 Å². The van der Waals surface area contributed by atoms with Gasteiger partial charge in [-0.1, -0.05) is 30.3 Å². The van der Waals surface area contributed by atoms with Gasteiger partial charge in [0, 0.05) is 0 Å². The van der Waals surface area contributed by atoms with Crippen molar-refractivity contribution < 1.29 is 23.8 Å². The van der Waals surface area contributed by atoms with Gasteiger partial charge in [-0.2, -0.15) is 0 Å². The minimum Gasteiger partial charge on any atom is -0.481 e. The van der Waals surface area contributed by atoms with E-state index in [1.807, 2.05) is 30.3 Å². The lowest BCUT2D eigenvalue weighted by atomic mass is 10.1.